The highest BCUT2D eigenvalue weighted by molar-refractivity contribution is 5.68. The SMILES string of the molecule is CCN1CCN(c2c(C#N)cccc2C#N)CC1. The standard InChI is InChI=1S/C14H16N4/c1-2-17-6-8-18(9-7-17)14-12(10-15)4-3-5-13(14)11-16/h3-5H,2,6-9H2,1H3. The molecule has 1 saturated heterocycles. The van der Waals surface area contributed by atoms with Gasteiger partial charge in [-0.15, -0.1) is 0 Å². The fourth-order valence-corrected chi connectivity index (χ4v) is 2.35. The molecule has 0 spiro atoms. The first-order valence-electron chi connectivity index (χ1n) is 6.20. The molecule has 4 nitrogen and oxygen atoms in total. The summed E-state index contributed by atoms with van der Waals surface area (Å²) in [5.74, 6) is 0. The number of benzene rings is 1. The number of likely N-dealkylation sites (N-methyl/N-ethyl adjacent to an activating group) is 1. The van der Waals surface area contributed by atoms with Crippen molar-refractivity contribution in [2.75, 3.05) is 37.6 Å². The summed E-state index contributed by atoms with van der Waals surface area (Å²) in [6, 6.07) is 9.70. The van der Waals surface area contributed by atoms with Gasteiger partial charge in [0.05, 0.1) is 16.8 Å². The van der Waals surface area contributed by atoms with Gasteiger partial charge in [0, 0.05) is 26.2 Å². The molecule has 1 aliphatic heterocycles. The fourth-order valence-electron chi connectivity index (χ4n) is 2.35. The Bertz CT molecular complexity index is 469. The molecule has 0 aromatic heterocycles. The van der Waals surface area contributed by atoms with Gasteiger partial charge in [0.25, 0.3) is 0 Å². The number of rotatable bonds is 2. The van der Waals surface area contributed by atoms with Gasteiger partial charge in [-0.1, -0.05) is 13.0 Å². The largest absolute Gasteiger partial charge is 0.367 e. The average molecular weight is 240 g/mol. The quantitative estimate of drug-likeness (QED) is 0.787. The molecular formula is C14H16N4. The molecule has 1 fully saturated rings. The smallest absolute Gasteiger partial charge is 0.101 e. The number of hydrogen-bond donors (Lipinski definition) is 0. The monoisotopic (exact) mass is 240 g/mol. The molecule has 18 heavy (non-hydrogen) atoms. The lowest BCUT2D eigenvalue weighted by Crippen LogP contribution is -2.46. The van der Waals surface area contributed by atoms with Crippen molar-refractivity contribution in [2.24, 2.45) is 0 Å². The number of piperazine rings is 1. The lowest BCUT2D eigenvalue weighted by Gasteiger charge is -2.36. The topological polar surface area (TPSA) is 54.1 Å². The molecule has 0 bridgehead atoms. The fraction of sp³-hybridized carbons (Fsp3) is 0.429. The minimum atomic E-state index is 0.596. The van der Waals surface area contributed by atoms with E-state index >= 15 is 0 Å². The van der Waals surface area contributed by atoms with E-state index < -0.39 is 0 Å². The van der Waals surface area contributed by atoms with Crippen LogP contribution in [0.5, 0.6) is 0 Å². The molecule has 4 heteroatoms. The molecule has 1 aromatic rings. The Hall–Kier alpha value is -2.04. The Morgan fingerprint density at radius 1 is 1.06 bits per heavy atom. The molecule has 0 unspecified atom stereocenters. The van der Waals surface area contributed by atoms with Crippen LogP contribution in [0.3, 0.4) is 0 Å². The second kappa shape index (κ2) is 5.53. The number of nitriles is 2. The highest BCUT2D eigenvalue weighted by Gasteiger charge is 2.20. The van der Waals surface area contributed by atoms with Crippen LogP contribution >= 0.6 is 0 Å². The van der Waals surface area contributed by atoms with Crippen molar-refractivity contribution < 1.29 is 0 Å². The van der Waals surface area contributed by atoms with Crippen molar-refractivity contribution in [1.29, 1.82) is 10.5 Å². The van der Waals surface area contributed by atoms with Crippen LogP contribution in [-0.2, 0) is 0 Å². The molecule has 0 aliphatic carbocycles. The normalized spacial score (nSPS) is 16.1. The third-order valence-corrected chi connectivity index (χ3v) is 3.41. The zero-order valence-corrected chi connectivity index (χ0v) is 10.6. The van der Waals surface area contributed by atoms with Crippen molar-refractivity contribution in [1.82, 2.24) is 4.90 Å². The molecule has 92 valence electrons. The van der Waals surface area contributed by atoms with E-state index in [0.29, 0.717) is 11.1 Å². The predicted octanol–water partition coefficient (Wildman–Crippen LogP) is 1.57. The van der Waals surface area contributed by atoms with Gasteiger partial charge in [0.1, 0.15) is 12.1 Å². The van der Waals surface area contributed by atoms with Crippen molar-refractivity contribution in [3.63, 3.8) is 0 Å². The van der Waals surface area contributed by atoms with E-state index in [4.69, 9.17) is 0 Å². The molecule has 0 atom stereocenters. The van der Waals surface area contributed by atoms with Gasteiger partial charge < -0.3 is 9.80 Å². The lowest BCUT2D eigenvalue weighted by molar-refractivity contribution is 0.271. The van der Waals surface area contributed by atoms with Crippen LogP contribution in [0.2, 0.25) is 0 Å². The molecule has 0 N–H and O–H groups in total. The molecule has 2 rings (SSSR count). The van der Waals surface area contributed by atoms with Crippen molar-refractivity contribution in [3.05, 3.63) is 29.3 Å². The molecule has 0 amide bonds. The molecule has 1 heterocycles. The number of hydrogen-bond acceptors (Lipinski definition) is 4. The molecular weight excluding hydrogens is 224 g/mol. The van der Waals surface area contributed by atoms with Crippen LogP contribution in [0.15, 0.2) is 18.2 Å². The molecule has 1 aromatic carbocycles. The van der Waals surface area contributed by atoms with Crippen LogP contribution in [0.1, 0.15) is 18.1 Å². The van der Waals surface area contributed by atoms with E-state index in [1.807, 2.05) is 0 Å². The van der Waals surface area contributed by atoms with Crippen molar-refractivity contribution in [3.8, 4) is 12.1 Å². The summed E-state index contributed by atoms with van der Waals surface area (Å²) in [6.45, 7) is 6.93. The summed E-state index contributed by atoms with van der Waals surface area (Å²) < 4.78 is 0. The lowest BCUT2D eigenvalue weighted by atomic mass is 10.1. The van der Waals surface area contributed by atoms with Crippen LogP contribution in [-0.4, -0.2) is 37.6 Å². The number of nitrogens with zero attached hydrogens (tertiary/aromatic N) is 4. The average Bonchev–Trinajstić information content (AvgIpc) is 2.46. The minimum Gasteiger partial charge on any atom is -0.367 e. The summed E-state index contributed by atoms with van der Waals surface area (Å²) >= 11 is 0. The maximum Gasteiger partial charge on any atom is 0.101 e. The molecule has 0 radical (unpaired) electrons. The first-order valence-corrected chi connectivity index (χ1v) is 6.20. The minimum absolute atomic E-state index is 0.596. The van der Waals surface area contributed by atoms with Gasteiger partial charge in [-0.05, 0) is 18.7 Å². The number of para-hydroxylation sites is 1. The summed E-state index contributed by atoms with van der Waals surface area (Å²) in [5, 5.41) is 18.3. The maximum atomic E-state index is 9.17. The summed E-state index contributed by atoms with van der Waals surface area (Å²) in [4.78, 5) is 4.53. The maximum absolute atomic E-state index is 9.17. The first kappa shape index (κ1) is 12.4. The summed E-state index contributed by atoms with van der Waals surface area (Å²) in [5.41, 5.74) is 2.00. The Kier molecular flexibility index (Phi) is 3.82. The van der Waals surface area contributed by atoms with Gasteiger partial charge in [-0.2, -0.15) is 10.5 Å². The van der Waals surface area contributed by atoms with Gasteiger partial charge >= 0.3 is 0 Å². The Labute approximate surface area is 108 Å². The molecule has 1 aliphatic rings. The van der Waals surface area contributed by atoms with E-state index in [0.717, 1.165) is 38.4 Å². The second-order valence-corrected chi connectivity index (χ2v) is 4.35. The van der Waals surface area contributed by atoms with Gasteiger partial charge in [0.2, 0.25) is 0 Å². The first-order chi connectivity index (χ1) is 8.80. The van der Waals surface area contributed by atoms with E-state index in [-0.39, 0.29) is 0 Å². The van der Waals surface area contributed by atoms with Gasteiger partial charge in [0.15, 0.2) is 0 Å². The highest BCUT2D eigenvalue weighted by atomic mass is 15.3. The van der Waals surface area contributed by atoms with E-state index in [1.54, 1.807) is 18.2 Å². The zero-order valence-electron chi connectivity index (χ0n) is 10.6. The van der Waals surface area contributed by atoms with Crippen molar-refractivity contribution >= 4 is 5.69 Å². The number of anilines is 1. The van der Waals surface area contributed by atoms with Crippen molar-refractivity contribution in [2.45, 2.75) is 6.92 Å². The van der Waals surface area contributed by atoms with Gasteiger partial charge in [-0.25, -0.2) is 0 Å². The third kappa shape index (κ3) is 2.30. The van der Waals surface area contributed by atoms with Crippen LogP contribution < -0.4 is 4.90 Å². The molecule has 0 saturated carbocycles. The van der Waals surface area contributed by atoms with E-state index in [2.05, 4.69) is 28.9 Å². The summed E-state index contributed by atoms with van der Waals surface area (Å²) in [6.07, 6.45) is 0. The van der Waals surface area contributed by atoms with Crippen LogP contribution in [0.25, 0.3) is 0 Å². The Morgan fingerprint density at radius 3 is 2.06 bits per heavy atom. The van der Waals surface area contributed by atoms with E-state index in [9.17, 15) is 10.5 Å². The van der Waals surface area contributed by atoms with Crippen LogP contribution in [0.4, 0.5) is 5.69 Å². The summed E-state index contributed by atoms with van der Waals surface area (Å²) in [7, 11) is 0. The van der Waals surface area contributed by atoms with E-state index in [1.165, 1.54) is 0 Å². The second-order valence-electron chi connectivity index (χ2n) is 4.35. The third-order valence-electron chi connectivity index (χ3n) is 3.41. The Morgan fingerprint density at radius 2 is 1.61 bits per heavy atom. The zero-order chi connectivity index (χ0) is 13.0. The van der Waals surface area contributed by atoms with Crippen LogP contribution in [0, 0.1) is 22.7 Å². The highest BCUT2D eigenvalue weighted by Crippen LogP contribution is 2.25. The van der Waals surface area contributed by atoms with Gasteiger partial charge in [-0.3, -0.25) is 0 Å². The Balaban J connectivity index is 2.29. The predicted molar refractivity (Wildman–Crippen MR) is 70.2 cm³/mol.